The highest BCUT2D eigenvalue weighted by atomic mass is 127. The summed E-state index contributed by atoms with van der Waals surface area (Å²) in [5, 5.41) is -0.226. The average molecular weight is 543 g/mol. The third-order valence-electron chi connectivity index (χ3n) is 4.56. The Balaban J connectivity index is 1.45. The van der Waals surface area contributed by atoms with Crippen molar-refractivity contribution in [2.75, 3.05) is 0 Å². The molecule has 2 amide bonds. The van der Waals surface area contributed by atoms with Gasteiger partial charge in [-0.1, -0.05) is 53.7 Å². The van der Waals surface area contributed by atoms with Crippen LogP contribution in [0.5, 0.6) is 0 Å². The molecular formula is C24H18INO2S2. The van der Waals surface area contributed by atoms with Crippen LogP contribution in [0, 0.1) is 10.5 Å². The van der Waals surface area contributed by atoms with E-state index in [1.54, 1.807) is 17.8 Å². The lowest BCUT2D eigenvalue weighted by Crippen LogP contribution is -2.27. The highest BCUT2D eigenvalue weighted by Gasteiger charge is 2.34. The lowest BCUT2D eigenvalue weighted by Gasteiger charge is -2.12. The second-order valence-electron chi connectivity index (χ2n) is 6.88. The number of thioether (sulfide) groups is 1. The fraction of sp³-hybridized carbons (Fsp3) is 0.0833. The topological polar surface area (TPSA) is 37.4 Å². The van der Waals surface area contributed by atoms with E-state index < -0.39 is 0 Å². The number of hydrogen-bond acceptors (Lipinski definition) is 4. The van der Waals surface area contributed by atoms with Crippen LogP contribution in [-0.4, -0.2) is 16.0 Å². The average Bonchev–Trinajstić information content (AvgIpc) is 3.00. The Labute approximate surface area is 198 Å². The molecule has 0 saturated carbocycles. The van der Waals surface area contributed by atoms with E-state index in [1.165, 1.54) is 15.4 Å². The zero-order valence-electron chi connectivity index (χ0n) is 16.2. The van der Waals surface area contributed by atoms with Crippen LogP contribution in [-0.2, 0) is 11.3 Å². The lowest BCUT2D eigenvalue weighted by molar-refractivity contribution is -0.123. The maximum Gasteiger partial charge on any atom is 0.293 e. The molecule has 0 N–H and O–H groups in total. The zero-order valence-corrected chi connectivity index (χ0v) is 20.0. The number of carbonyl (C=O) groups excluding carboxylic acids is 2. The number of carbonyl (C=O) groups is 2. The highest BCUT2D eigenvalue weighted by molar-refractivity contribution is 14.1. The van der Waals surface area contributed by atoms with Crippen molar-refractivity contribution in [1.82, 2.24) is 4.90 Å². The minimum Gasteiger partial charge on any atom is -0.268 e. The number of halogens is 1. The number of nitrogens with zero attached hydrogens (tertiary/aromatic N) is 1. The predicted octanol–water partition coefficient (Wildman–Crippen LogP) is 6.99. The van der Waals surface area contributed by atoms with E-state index in [1.807, 2.05) is 48.5 Å². The van der Waals surface area contributed by atoms with Crippen LogP contribution < -0.4 is 0 Å². The fourth-order valence-corrected chi connectivity index (χ4v) is 4.95. The van der Waals surface area contributed by atoms with Crippen molar-refractivity contribution in [2.24, 2.45) is 0 Å². The minimum atomic E-state index is -0.235. The number of rotatable bonds is 5. The highest BCUT2D eigenvalue weighted by Crippen LogP contribution is 2.34. The molecule has 3 nitrogen and oxygen atoms in total. The van der Waals surface area contributed by atoms with Crippen molar-refractivity contribution in [3.63, 3.8) is 0 Å². The van der Waals surface area contributed by atoms with Crippen LogP contribution in [0.1, 0.15) is 16.7 Å². The quantitative estimate of drug-likeness (QED) is 0.257. The summed E-state index contributed by atoms with van der Waals surface area (Å²) in [6.45, 7) is 2.37. The van der Waals surface area contributed by atoms with Gasteiger partial charge in [-0.3, -0.25) is 14.5 Å². The van der Waals surface area contributed by atoms with Crippen LogP contribution in [0.25, 0.3) is 6.08 Å². The van der Waals surface area contributed by atoms with E-state index in [0.717, 1.165) is 31.4 Å². The fourth-order valence-electron chi connectivity index (χ4n) is 2.93. The summed E-state index contributed by atoms with van der Waals surface area (Å²) < 4.78 is 1.12. The van der Waals surface area contributed by atoms with Crippen LogP contribution in [0.4, 0.5) is 4.79 Å². The van der Waals surface area contributed by atoms with Gasteiger partial charge >= 0.3 is 0 Å². The molecule has 1 saturated heterocycles. The lowest BCUT2D eigenvalue weighted by atomic mass is 10.2. The summed E-state index contributed by atoms with van der Waals surface area (Å²) in [4.78, 5) is 29.2. The molecule has 4 rings (SSSR count). The molecule has 0 bridgehead atoms. The normalized spacial score (nSPS) is 15.3. The van der Waals surface area contributed by atoms with E-state index in [9.17, 15) is 9.59 Å². The summed E-state index contributed by atoms with van der Waals surface area (Å²) in [7, 11) is 0. The molecule has 6 heteroatoms. The monoisotopic (exact) mass is 543 g/mol. The third-order valence-corrected chi connectivity index (χ3v) is 7.20. The Bertz CT molecular complexity index is 1110. The molecule has 0 radical (unpaired) electrons. The van der Waals surface area contributed by atoms with Gasteiger partial charge in [0, 0.05) is 13.4 Å². The van der Waals surface area contributed by atoms with Gasteiger partial charge in [-0.15, -0.1) is 0 Å². The van der Waals surface area contributed by atoms with Crippen molar-refractivity contribution in [1.29, 1.82) is 0 Å². The molecule has 0 aliphatic carbocycles. The summed E-state index contributed by atoms with van der Waals surface area (Å²) in [6, 6.07) is 24.3. The largest absolute Gasteiger partial charge is 0.293 e. The van der Waals surface area contributed by atoms with Crippen LogP contribution in [0.3, 0.4) is 0 Å². The molecule has 0 unspecified atom stereocenters. The molecule has 0 spiro atoms. The molecule has 150 valence electrons. The second-order valence-corrected chi connectivity index (χ2v) is 10.3. The van der Waals surface area contributed by atoms with Gasteiger partial charge in [-0.05, 0) is 94.9 Å². The Kier molecular flexibility index (Phi) is 6.65. The first kappa shape index (κ1) is 21.2. The van der Waals surface area contributed by atoms with E-state index in [2.05, 4.69) is 53.8 Å². The number of benzene rings is 3. The molecule has 3 aromatic carbocycles. The maximum atomic E-state index is 12.7. The standard InChI is InChI=1S/C24H18INO2S2/c1-16-2-10-20(11-3-16)29-21-12-6-17(7-13-21)14-22-23(27)26(24(28)30-22)15-18-4-8-19(25)9-5-18/h2-14H,15H2,1H3/b22-14-. The molecule has 1 aliphatic heterocycles. The second kappa shape index (κ2) is 9.41. The van der Waals surface area contributed by atoms with Crippen LogP contribution >= 0.6 is 46.1 Å². The molecule has 1 aliphatic rings. The minimum absolute atomic E-state index is 0.226. The number of aryl methyl sites for hydroxylation is 1. The van der Waals surface area contributed by atoms with E-state index in [-0.39, 0.29) is 11.1 Å². The van der Waals surface area contributed by atoms with Gasteiger partial charge < -0.3 is 0 Å². The molecule has 3 aromatic rings. The number of hydrogen-bond donors (Lipinski definition) is 0. The smallest absolute Gasteiger partial charge is 0.268 e. The Morgan fingerprint density at radius 2 is 1.50 bits per heavy atom. The summed E-state index contributed by atoms with van der Waals surface area (Å²) in [5.41, 5.74) is 3.09. The first-order chi connectivity index (χ1) is 14.5. The van der Waals surface area contributed by atoms with Gasteiger partial charge in [-0.25, -0.2) is 0 Å². The van der Waals surface area contributed by atoms with Crippen molar-refractivity contribution in [3.8, 4) is 0 Å². The number of amides is 2. The maximum absolute atomic E-state index is 12.7. The van der Waals surface area contributed by atoms with Gasteiger partial charge in [0.05, 0.1) is 11.4 Å². The molecule has 1 fully saturated rings. The Morgan fingerprint density at radius 3 is 2.13 bits per heavy atom. The number of imide groups is 1. The SMILES string of the molecule is Cc1ccc(Sc2ccc(/C=C3\SC(=O)N(Cc4ccc(I)cc4)C3=O)cc2)cc1. The van der Waals surface area contributed by atoms with E-state index in [4.69, 9.17) is 0 Å². The van der Waals surface area contributed by atoms with Gasteiger partial charge in [-0.2, -0.15) is 0 Å². The Morgan fingerprint density at radius 1 is 0.900 bits per heavy atom. The van der Waals surface area contributed by atoms with Gasteiger partial charge in [0.25, 0.3) is 11.1 Å². The van der Waals surface area contributed by atoms with E-state index >= 15 is 0 Å². The van der Waals surface area contributed by atoms with Crippen molar-refractivity contribution in [3.05, 3.63) is 98.0 Å². The van der Waals surface area contributed by atoms with Crippen LogP contribution in [0.2, 0.25) is 0 Å². The summed E-state index contributed by atoms with van der Waals surface area (Å²) >= 11 is 4.93. The zero-order chi connectivity index (χ0) is 21.1. The summed E-state index contributed by atoms with van der Waals surface area (Å²) in [6.07, 6.45) is 1.79. The van der Waals surface area contributed by atoms with E-state index in [0.29, 0.717) is 11.4 Å². The molecule has 0 aromatic heterocycles. The van der Waals surface area contributed by atoms with Crippen LogP contribution in [0.15, 0.2) is 87.5 Å². The first-order valence-corrected chi connectivity index (χ1v) is 12.0. The summed E-state index contributed by atoms with van der Waals surface area (Å²) in [5.74, 6) is -0.235. The molecular weight excluding hydrogens is 525 g/mol. The third kappa shape index (κ3) is 5.17. The molecule has 1 heterocycles. The van der Waals surface area contributed by atoms with Crippen molar-refractivity contribution < 1.29 is 9.59 Å². The van der Waals surface area contributed by atoms with Crippen molar-refractivity contribution >= 4 is 63.3 Å². The molecule has 0 atom stereocenters. The Hall–Kier alpha value is -2.03. The van der Waals surface area contributed by atoms with Crippen molar-refractivity contribution in [2.45, 2.75) is 23.3 Å². The molecule has 30 heavy (non-hydrogen) atoms. The van der Waals surface area contributed by atoms with Gasteiger partial charge in [0.15, 0.2) is 0 Å². The van der Waals surface area contributed by atoms with Gasteiger partial charge in [0.1, 0.15) is 0 Å². The predicted molar refractivity (Wildman–Crippen MR) is 132 cm³/mol. The van der Waals surface area contributed by atoms with Gasteiger partial charge in [0.2, 0.25) is 0 Å². The first-order valence-electron chi connectivity index (χ1n) is 9.32.